The molecule has 0 radical (unpaired) electrons. The molecule has 1 aliphatic rings. The van der Waals surface area contributed by atoms with Gasteiger partial charge in [-0.1, -0.05) is 0 Å². The molecule has 2 N–H and O–H groups in total. The molecule has 0 unspecified atom stereocenters. The number of allylic oxidation sites excluding steroid dienone is 2. The predicted octanol–water partition coefficient (Wildman–Crippen LogP) is 1.65. The number of carbonyl (C=O) groups is 2. The Kier molecular flexibility index (Phi) is 3.54. The number of hydrogen-bond acceptors (Lipinski definition) is 2. The van der Waals surface area contributed by atoms with Crippen LogP contribution in [0.4, 0.5) is 17.6 Å². The van der Waals surface area contributed by atoms with E-state index in [4.69, 9.17) is 5.11 Å². The summed E-state index contributed by atoms with van der Waals surface area (Å²) in [5, 5.41) is 10.1. The zero-order chi connectivity index (χ0) is 13.2. The molecule has 1 rings (SSSR count). The van der Waals surface area contributed by atoms with Crippen LogP contribution in [0.2, 0.25) is 0 Å². The highest BCUT2D eigenvalue weighted by Gasteiger charge is 2.39. The van der Waals surface area contributed by atoms with Crippen LogP contribution in [-0.4, -0.2) is 23.2 Å². The number of carboxylic acids is 1. The first kappa shape index (κ1) is 13.2. The molecular weight excluding hydrogens is 246 g/mol. The van der Waals surface area contributed by atoms with Crippen molar-refractivity contribution in [2.75, 3.05) is 0 Å². The first-order valence-electron chi connectivity index (χ1n) is 4.42. The number of carboxylic acid groups (broad SMARTS) is 1. The highest BCUT2D eigenvalue weighted by Crippen LogP contribution is 2.24. The van der Waals surface area contributed by atoms with Crippen molar-refractivity contribution in [3.8, 4) is 0 Å². The van der Waals surface area contributed by atoms with Gasteiger partial charge in [0, 0.05) is 12.1 Å². The van der Waals surface area contributed by atoms with Crippen LogP contribution >= 0.6 is 0 Å². The Morgan fingerprint density at radius 3 is 2.35 bits per heavy atom. The van der Waals surface area contributed by atoms with E-state index in [1.165, 1.54) is 5.32 Å². The van der Waals surface area contributed by atoms with Gasteiger partial charge in [-0.25, -0.2) is 9.18 Å². The minimum absolute atomic E-state index is 0.246. The van der Waals surface area contributed by atoms with Crippen LogP contribution in [0.25, 0.3) is 0 Å². The lowest BCUT2D eigenvalue weighted by atomic mass is 10.0. The quantitative estimate of drug-likeness (QED) is 0.735. The van der Waals surface area contributed by atoms with Crippen LogP contribution in [0.5, 0.6) is 0 Å². The summed E-state index contributed by atoms with van der Waals surface area (Å²) in [6, 6.07) is 0. The molecule has 1 aliphatic carbocycles. The van der Waals surface area contributed by atoms with Crippen molar-refractivity contribution in [1.29, 1.82) is 0 Å². The molecule has 0 bridgehead atoms. The molecule has 0 spiro atoms. The van der Waals surface area contributed by atoms with Crippen molar-refractivity contribution >= 4 is 11.9 Å². The highest BCUT2D eigenvalue weighted by atomic mass is 19.4. The van der Waals surface area contributed by atoms with Crippen LogP contribution < -0.4 is 5.32 Å². The van der Waals surface area contributed by atoms with Gasteiger partial charge in [0.05, 0.1) is 5.57 Å². The maximum absolute atomic E-state index is 12.8. The molecule has 0 fully saturated rings. The number of carbonyl (C=O) groups excluding carboxylic acids is 1. The van der Waals surface area contributed by atoms with Crippen LogP contribution in [0, 0.1) is 0 Å². The van der Waals surface area contributed by atoms with Gasteiger partial charge in [0.25, 0.3) is 0 Å². The van der Waals surface area contributed by atoms with E-state index in [1.807, 2.05) is 0 Å². The lowest BCUT2D eigenvalue weighted by Gasteiger charge is -2.16. The fourth-order valence-corrected chi connectivity index (χ4v) is 1.22. The van der Waals surface area contributed by atoms with Gasteiger partial charge in [0.2, 0.25) is 0 Å². The smallest absolute Gasteiger partial charge is 0.471 e. The van der Waals surface area contributed by atoms with Crippen LogP contribution in [-0.2, 0) is 9.59 Å². The molecule has 0 aromatic heterocycles. The second kappa shape index (κ2) is 4.56. The SMILES string of the molecule is O=C(O)C1=C(NC(=O)C(F)(F)F)CCC(F)=C1. The first-order chi connectivity index (χ1) is 7.71. The van der Waals surface area contributed by atoms with Crippen molar-refractivity contribution in [2.24, 2.45) is 0 Å². The summed E-state index contributed by atoms with van der Waals surface area (Å²) in [7, 11) is 0. The third-order valence-electron chi connectivity index (χ3n) is 1.99. The Hall–Kier alpha value is -1.86. The van der Waals surface area contributed by atoms with Crippen LogP contribution in [0.15, 0.2) is 23.2 Å². The topological polar surface area (TPSA) is 66.4 Å². The summed E-state index contributed by atoms with van der Waals surface area (Å²) in [4.78, 5) is 21.2. The lowest BCUT2D eigenvalue weighted by molar-refractivity contribution is -0.172. The van der Waals surface area contributed by atoms with Crippen LogP contribution in [0.3, 0.4) is 0 Å². The maximum Gasteiger partial charge on any atom is 0.471 e. The monoisotopic (exact) mass is 253 g/mol. The van der Waals surface area contributed by atoms with Crippen LogP contribution in [0.1, 0.15) is 12.8 Å². The van der Waals surface area contributed by atoms with Crippen molar-refractivity contribution in [3.05, 3.63) is 23.2 Å². The molecule has 0 aromatic carbocycles. The van der Waals surface area contributed by atoms with E-state index < -0.39 is 35.1 Å². The molecule has 1 amide bonds. The number of aliphatic carboxylic acids is 1. The number of alkyl halides is 3. The second-order valence-electron chi connectivity index (χ2n) is 3.24. The molecule has 0 atom stereocenters. The Balaban J connectivity index is 2.98. The molecule has 0 aromatic rings. The Labute approximate surface area is 92.6 Å². The summed E-state index contributed by atoms with van der Waals surface area (Å²) < 4.78 is 48.6. The lowest BCUT2D eigenvalue weighted by Crippen LogP contribution is -2.37. The summed E-state index contributed by atoms with van der Waals surface area (Å²) in [6.07, 6.45) is -5.07. The number of halogens is 4. The Morgan fingerprint density at radius 2 is 1.88 bits per heavy atom. The molecular formula is C9H7F4NO3. The van der Waals surface area contributed by atoms with E-state index in [1.54, 1.807) is 0 Å². The van der Waals surface area contributed by atoms with Gasteiger partial charge < -0.3 is 10.4 Å². The molecule has 4 nitrogen and oxygen atoms in total. The predicted molar refractivity (Wildman–Crippen MR) is 47.3 cm³/mol. The standard InChI is InChI=1S/C9H7F4NO3/c10-4-1-2-6(5(3-4)7(15)16)14-8(17)9(11,12)13/h3H,1-2H2,(H,14,17)(H,15,16). The molecule has 0 saturated heterocycles. The average molecular weight is 253 g/mol. The van der Waals surface area contributed by atoms with Gasteiger partial charge in [-0.3, -0.25) is 4.79 Å². The largest absolute Gasteiger partial charge is 0.478 e. The van der Waals surface area contributed by atoms with E-state index in [2.05, 4.69) is 0 Å². The fourth-order valence-electron chi connectivity index (χ4n) is 1.22. The van der Waals surface area contributed by atoms with Crippen molar-refractivity contribution in [3.63, 3.8) is 0 Å². The van der Waals surface area contributed by atoms with Crippen molar-refractivity contribution < 1.29 is 32.3 Å². The van der Waals surface area contributed by atoms with E-state index >= 15 is 0 Å². The van der Waals surface area contributed by atoms with E-state index in [0.717, 1.165) is 0 Å². The Morgan fingerprint density at radius 1 is 1.29 bits per heavy atom. The molecule has 0 aliphatic heterocycles. The number of amides is 1. The molecule has 8 heteroatoms. The molecule has 94 valence electrons. The highest BCUT2D eigenvalue weighted by molar-refractivity contribution is 5.93. The minimum Gasteiger partial charge on any atom is -0.478 e. The van der Waals surface area contributed by atoms with Crippen molar-refractivity contribution in [2.45, 2.75) is 19.0 Å². The zero-order valence-corrected chi connectivity index (χ0v) is 8.27. The first-order valence-corrected chi connectivity index (χ1v) is 4.42. The third kappa shape index (κ3) is 3.30. The summed E-state index contributed by atoms with van der Waals surface area (Å²) in [5.74, 6) is -4.63. The zero-order valence-electron chi connectivity index (χ0n) is 8.27. The van der Waals surface area contributed by atoms with E-state index in [-0.39, 0.29) is 12.8 Å². The summed E-state index contributed by atoms with van der Waals surface area (Å²) in [5.41, 5.74) is -1.12. The number of nitrogens with one attached hydrogen (secondary N) is 1. The molecule has 17 heavy (non-hydrogen) atoms. The molecule has 0 saturated carbocycles. The second-order valence-corrected chi connectivity index (χ2v) is 3.24. The normalized spacial score (nSPS) is 16.6. The van der Waals surface area contributed by atoms with E-state index in [9.17, 15) is 27.2 Å². The third-order valence-corrected chi connectivity index (χ3v) is 1.99. The maximum atomic E-state index is 12.8. The average Bonchev–Trinajstić information content (AvgIpc) is 2.18. The van der Waals surface area contributed by atoms with Gasteiger partial charge >= 0.3 is 18.1 Å². The van der Waals surface area contributed by atoms with Gasteiger partial charge in [-0.2, -0.15) is 13.2 Å². The summed E-state index contributed by atoms with van der Waals surface area (Å²) in [6.45, 7) is 0. The van der Waals surface area contributed by atoms with E-state index in [0.29, 0.717) is 6.08 Å². The fraction of sp³-hybridized carbons (Fsp3) is 0.333. The number of rotatable bonds is 2. The minimum atomic E-state index is -5.11. The Bertz CT molecular complexity index is 422. The van der Waals surface area contributed by atoms with Gasteiger partial charge in [-0.15, -0.1) is 0 Å². The number of hydrogen-bond donors (Lipinski definition) is 2. The summed E-state index contributed by atoms with van der Waals surface area (Å²) >= 11 is 0. The van der Waals surface area contributed by atoms with Gasteiger partial charge in [-0.05, 0) is 12.5 Å². The van der Waals surface area contributed by atoms with Crippen molar-refractivity contribution in [1.82, 2.24) is 5.32 Å². The van der Waals surface area contributed by atoms with Gasteiger partial charge in [0.1, 0.15) is 5.83 Å². The molecule has 0 heterocycles. The van der Waals surface area contributed by atoms with Gasteiger partial charge in [0.15, 0.2) is 0 Å².